The minimum atomic E-state index is -0.977. The summed E-state index contributed by atoms with van der Waals surface area (Å²) in [6, 6.07) is -1.37. The van der Waals surface area contributed by atoms with Crippen LogP contribution in [0.3, 0.4) is 0 Å². The molecule has 0 aromatic heterocycles. The summed E-state index contributed by atoms with van der Waals surface area (Å²) in [5.74, 6) is -2.37. The lowest BCUT2D eigenvalue weighted by molar-refractivity contribution is -0.137. The summed E-state index contributed by atoms with van der Waals surface area (Å²) in [5.41, 5.74) is 4.98. The van der Waals surface area contributed by atoms with E-state index in [0.717, 1.165) is 0 Å². The third kappa shape index (κ3) is 11.7. The SMILES string of the molecule is CC(=O)[C@H](CCCNC(N)=O)CC(=O)[C@@H](NC(=O)CCCC(=O)O)C(C)C. The summed E-state index contributed by atoms with van der Waals surface area (Å²) < 4.78 is 0. The zero-order valence-electron chi connectivity index (χ0n) is 16.2. The first-order chi connectivity index (χ1) is 12.5. The number of ketones is 2. The predicted octanol–water partition coefficient (Wildman–Crippen LogP) is 0.995. The summed E-state index contributed by atoms with van der Waals surface area (Å²) in [4.78, 5) is 57.5. The van der Waals surface area contributed by atoms with Gasteiger partial charge in [-0.25, -0.2) is 4.79 Å². The molecule has 0 bridgehead atoms. The first kappa shape index (κ1) is 24.6. The second-order valence-corrected chi connectivity index (χ2v) is 6.95. The van der Waals surface area contributed by atoms with Crippen LogP contribution in [-0.4, -0.2) is 47.2 Å². The quantitative estimate of drug-likeness (QED) is 0.327. The average molecular weight is 385 g/mol. The van der Waals surface area contributed by atoms with Crippen LogP contribution >= 0.6 is 0 Å². The van der Waals surface area contributed by atoms with E-state index in [4.69, 9.17) is 10.8 Å². The molecule has 5 N–H and O–H groups in total. The van der Waals surface area contributed by atoms with E-state index in [2.05, 4.69) is 10.6 Å². The van der Waals surface area contributed by atoms with Crippen molar-refractivity contribution in [3.63, 3.8) is 0 Å². The number of nitrogens with two attached hydrogens (primary N) is 1. The van der Waals surface area contributed by atoms with Gasteiger partial charge in [0.2, 0.25) is 5.91 Å². The maximum atomic E-state index is 12.6. The molecule has 27 heavy (non-hydrogen) atoms. The van der Waals surface area contributed by atoms with Crippen LogP contribution in [0.5, 0.6) is 0 Å². The smallest absolute Gasteiger partial charge is 0.312 e. The molecule has 0 radical (unpaired) electrons. The topological polar surface area (TPSA) is 156 Å². The second kappa shape index (κ2) is 12.8. The van der Waals surface area contributed by atoms with Gasteiger partial charge in [0.05, 0.1) is 6.04 Å². The van der Waals surface area contributed by atoms with E-state index in [1.807, 2.05) is 0 Å². The van der Waals surface area contributed by atoms with Crippen LogP contribution < -0.4 is 16.4 Å². The Bertz CT molecular complexity index is 547. The molecule has 0 aliphatic heterocycles. The number of carbonyl (C=O) groups excluding carboxylic acids is 4. The van der Waals surface area contributed by atoms with Crippen molar-refractivity contribution in [3.8, 4) is 0 Å². The fraction of sp³-hybridized carbons (Fsp3) is 0.722. The van der Waals surface area contributed by atoms with Crippen molar-refractivity contribution in [3.05, 3.63) is 0 Å². The lowest BCUT2D eigenvalue weighted by Gasteiger charge is -2.23. The zero-order chi connectivity index (χ0) is 21.0. The lowest BCUT2D eigenvalue weighted by atomic mass is 9.88. The number of hydrogen-bond donors (Lipinski definition) is 4. The van der Waals surface area contributed by atoms with Crippen LogP contribution in [0.15, 0.2) is 0 Å². The summed E-state index contributed by atoms with van der Waals surface area (Å²) >= 11 is 0. The van der Waals surface area contributed by atoms with Gasteiger partial charge in [-0.2, -0.15) is 0 Å². The van der Waals surface area contributed by atoms with E-state index < -0.39 is 24.0 Å². The van der Waals surface area contributed by atoms with Crippen LogP contribution in [0.4, 0.5) is 4.79 Å². The van der Waals surface area contributed by atoms with Gasteiger partial charge in [0, 0.05) is 31.7 Å². The molecule has 0 unspecified atom stereocenters. The standard InChI is InChI=1S/C18H31N3O6/c1-11(2)17(21-15(24)7-4-8-16(25)26)14(23)10-13(12(3)22)6-5-9-20-18(19)27/h11,13,17H,4-10H2,1-3H3,(H,21,24)(H,25,26)(H3,19,20,27)/t13-,17+/m1/s1. The Morgan fingerprint density at radius 1 is 1.04 bits per heavy atom. The summed E-state index contributed by atoms with van der Waals surface area (Å²) in [6.07, 6.45) is 1.05. The van der Waals surface area contributed by atoms with Crippen molar-refractivity contribution < 1.29 is 29.1 Å². The summed E-state index contributed by atoms with van der Waals surface area (Å²) in [6.45, 7) is 5.31. The monoisotopic (exact) mass is 385 g/mol. The van der Waals surface area contributed by atoms with E-state index in [9.17, 15) is 24.0 Å². The first-order valence-corrected chi connectivity index (χ1v) is 9.12. The molecule has 0 aromatic rings. The number of amides is 3. The van der Waals surface area contributed by atoms with Gasteiger partial charge in [-0.05, 0) is 32.1 Å². The Labute approximate surface area is 159 Å². The molecule has 0 saturated heterocycles. The van der Waals surface area contributed by atoms with Crippen molar-refractivity contribution >= 4 is 29.5 Å². The molecule has 9 heteroatoms. The normalized spacial score (nSPS) is 12.9. The van der Waals surface area contributed by atoms with Gasteiger partial charge in [0.1, 0.15) is 5.78 Å². The van der Waals surface area contributed by atoms with Crippen LogP contribution in [0, 0.1) is 11.8 Å². The molecule has 0 aliphatic rings. The maximum Gasteiger partial charge on any atom is 0.312 e. The number of Topliss-reactive ketones (excluding diaryl/α,β-unsaturated/α-hetero) is 2. The molecule has 154 valence electrons. The maximum absolute atomic E-state index is 12.6. The number of aliphatic carboxylic acids is 1. The molecule has 0 aliphatic carbocycles. The van der Waals surface area contributed by atoms with Gasteiger partial charge >= 0.3 is 12.0 Å². The van der Waals surface area contributed by atoms with Gasteiger partial charge in [-0.1, -0.05) is 13.8 Å². The fourth-order valence-electron chi connectivity index (χ4n) is 2.64. The molecule has 9 nitrogen and oxygen atoms in total. The van der Waals surface area contributed by atoms with Crippen molar-refractivity contribution in [1.82, 2.24) is 10.6 Å². The molecular formula is C18H31N3O6. The molecule has 0 fully saturated rings. The van der Waals surface area contributed by atoms with Crippen LogP contribution in [0.1, 0.15) is 59.3 Å². The number of carboxylic acids is 1. The molecule has 3 amide bonds. The molecule has 0 spiro atoms. The highest BCUT2D eigenvalue weighted by molar-refractivity contribution is 5.92. The number of urea groups is 1. The van der Waals surface area contributed by atoms with Gasteiger partial charge in [-0.15, -0.1) is 0 Å². The summed E-state index contributed by atoms with van der Waals surface area (Å²) in [7, 11) is 0. The zero-order valence-corrected chi connectivity index (χ0v) is 16.2. The van der Waals surface area contributed by atoms with Gasteiger partial charge in [0.25, 0.3) is 0 Å². The number of carbonyl (C=O) groups is 5. The largest absolute Gasteiger partial charge is 0.481 e. The van der Waals surface area contributed by atoms with E-state index >= 15 is 0 Å². The molecule has 0 saturated carbocycles. The molecule has 0 aromatic carbocycles. The Hall–Kier alpha value is -2.45. The number of nitrogens with one attached hydrogen (secondary N) is 2. The third-order valence-corrected chi connectivity index (χ3v) is 4.18. The number of hydrogen-bond acceptors (Lipinski definition) is 5. The molecule has 0 rings (SSSR count). The minimum Gasteiger partial charge on any atom is -0.481 e. The summed E-state index contributed by atoms with van der Waals surface area (Å²) in [5, 5.41) is 13.7. The van der Waals surface area contributed by atoms with Crippen molar-refractivity contribution in [1.29, 1.82) is 0 Å². The number of carboxylic acid groups (broad SMARTS) is 1. The van der Waals surface area contributed by atoms with E-state index in [-0.39, 0.29) is 49.1 Å². The Morgan fingerprint density at radius 3 is 2.15 bits per heavy atom. The number of primary amides is 1. The molecule has 0 heterocycles. The van der Waals surface area contributed by atoms with Crippen LogP contribution in [0.2, 0.25) is 0 Å². The molecule has 2 atom stereocenters. The van der Waals surface area contributed by atoms with Gasteiger partial charge < -0.3 is 21.5 Å². The van der Waals surface area contributed by atoms with Gasteiger partial charge in [-0.3, -0.25) is 19.2 Å². The van der Waals surface area contributed by atoms with Crippen LogP contribution in [-0.2, 0) is 19.2 Å². The number of rotatable bonds is 14. The highest BCUT2D eigenvalue weighted by atomic mass is 16.4. The van der Waals surface area contributed by atoms with Crippen molar-refractivity contribution in [2.45, 2.75) is 65.3 Å². The second-order valence-electron chi connectivity index (χ2n) is 6.95. The first-order valence-electron chi connectivity index (χ1n) is 9.12. The average Bonchev–Trinajstić information content (AvgIpc) is 2.54. The van der Waals surface area contributed by atoms with Gasteiger partial charge in [0.15, 0.2) is 5.78 Å². The van der Waals surface area contributed by atoms with E-state index in [1.54, 1.807) is 13.8 Å². The lowest BCUT2D eigenvalue weighted by Crippen LogP contribution is -2.45. The molecular weight excluding hydrogens is 354 g/mol. The van der Waals surface area contributed by atoms with E-state index in [1.165, 1.54) is 6.92 Å². The van der Waals surface area contributed by atoms with Crippen molar-refractivity contribution in [2.75, 3.05) is 6.54 Å². The van der Waals surface area contributed by atoms with Crippen molar-refractivity contribution in [2.24, 2.45) is 17.6 Å². The highest BCUT2D eigenvalue weighted by Crippen LogP contribution is 2.17. The minimum absolute atomic E-state index is 0.00412. The van der Waals surface area contributed by atoms with Crippen LogP contribution in [0.25, 0.3) is 0 Å². The predicted molar refractivity (Wildman–Crippen MR) is 98.9 cm³/mol. The Morgan fingerprint density at radius 2 is 1.67 bits per heavy atom. The Kier molecular flexibility index (Phi) is 11.7. The third-order valence-electron chi connectivity index (χ3n) is 4.18. The highest BCUT2D eigenvalue weighted by Gasteiger charge is 2.27. The van der Waals surface area contributed by atoms with E-state index in [0.29, 0.717) is 19.4 Å². The Balaban J connectivity index is 4.67. The fourth-order valence-corrected chi connectivity index (χ4v) is 2.64.